The number of anilines is 1. The monoisotopic (exact) mass is 340 g/mol. The Balaban J connectivity index is 2.22. The Morgan fingerprint density at radius 3 is 2.52 bits per heavy atom. The summed E-state index contributed by atoms with van der Waals surface area (Å²) in [5.74, 6) is -2.34. The van der Waals surface area contributed by atoms with Gasteiger partial charge in [0.05, 0.1) is 16.7 Å². The first-order valence-corrected chi connectivity index (χ1v) is 9.29. The molecule has 1 aromatic rings. The van der Waals surface area contributed by atoms with E-state index in [0.717, 1.165) is 0 Å². The molecule has 0 saturated carbocycles. The van der Waals surface area contributed by atoms with Crippen LogP contribution in [-0.4, -0.2) is 34.4 Å². The number of sulfone groups is 1. The van der Waals surface area contributed by atoms with Crippen LogP contribution in [0.15, 0.2) is 17.0 Å². The number of nitrogen functional groups attached to an aromatic ring is 1. The molecule has 2 rings (SSSR count). The normalized spacial score (nSPS) is 21.5. The molecule has 10 heteroatoms. The van der Waals surface area contributed by atoms with Crippen molar-refractivity contribution in [3.63, 3.8) is 0 Å². The fraction of sp³-hybridized carbons (Fsp3) is 0.455. The van der Waals surface area contributed by atoms with Crippen molar-refractivity contribution in [1.29, 1.82) is 0 Å². The van der Waals surface area contributed by atoms with Crippen molar-refractivity contribution >= 4 is 25.5 Å². The third-order valence-corrected chi connectivity index (χ3v) is 7.02. The second-order valence-corrected chi connectivity index (χ2v) is 8.92. The van der Waals surface area contributed by atoms with E-state index in [-0.39, 0.29) is 12.3 Å². The number of hydrogen-bond acceptors (Lipinski definition) is 5. The third kappa shape index (κ3) is 3.33. The highest BCUT2D eigenvalue weighted by atomic mass is 32.2. The summed E-state index contributed by atoms with van der Waals surface area (Å²) in [6.45, 7) is -0.346. The molecule has 0 spiro atoms. The number of benzene rings is 1. The molecule has 6 nitrogen and oxygen atoms in total. The van der Waals surface area contributed by atoms with Gasteiger partial charge in [-0.3, -0.25) is 0 Å². The van der Waals surface area contributed by atoms with Crippen LogP contribution in [0.3, 0.4) is 0 Å². The zero-order valence-corrected chi connectivity index (χ0v) is 12.5. The van der Waals surface area contributed by atoms with E-state index in [1.54, 1.807) is 0 Å². The fourth-order valence-electron chi connectivity index (χ4n) is 2.12. The summed E-state index contributed by atoms with van der Waals surface area (Å²) < 4.78 is 75.7. The Morgan fingerprint density at radius 2 is 1.95 bits per heavy atom. The van der Waals surface area contributed by atoms with Gasteiger partial charge in [-0.1, -0.05) is 0 Å². The first-order valence-electron chi connectivity index (χ1n) is 6.09. The lowest BCUT2D eigenvalue weighted by atomic mass is 10.2. The number of nitrogens with two attached hydrogens (primary N) is 1. The third-order valence-electron chi connectivity index (χ3n) is 3.30. The van der Waals surface area contributed by atoms with E-state index < -0.39 is 47.3 Å². The average molecular weight is 340 g/mol. The summed E-state index contributed by atoms with van der Waals surface area (Å²) in [5.41, 5.74) is 4.71. The molecule has 21 heavy (non-hydrogen) atoms. The minimum atomic E-state index is -4.30. The summed E-state index contributed by atoms with van der Waals surface area (Å²) in [4.78, 5) is -0.809. The van der Waals surface area contributed by atoms with Crippen molar-refractivity contribution in [2.75, 3.05) is 18.0 Å². The molecule has 1 saturated heterocycles. The Kier molecular flexibility index (Phi) is 4.22. The standard InChI is InChI=1S/C11H14F2N2O4S2/c12-8-4-9(13)11(5-10(8)14)21(18,19)15-6-7-2-1-3-20(7,16)17/h4-5,7,15H,1-3,6,14H2. The molecule has 3 N–H and O–H groups in total. The predicted octanol–water partition coefficient (Wildman–Crippen LogP) is 0.402. The van der Waals surface area contributed by atoms with Crippen molar-refractivity contribution < 1.29 is 25.6 Å². The van der Waals surface area contributed by atoms with Gasteiger partial charge in [-0.2, -0.15) is 0 Å². The van der Waals surface area contributed by atoms with Crippen LogP contribution in [0.5, 0.6) is 0 Å². The van der Waals surface area contributed by atoms with Crippen LogP contribution in [-0.2, 0) is 19.9 Å². The molecule has 0 aliphatic carbocycles. The van der Waals surface area contributed by atoms with Crippen molar-refractivity contribution in [3.8, 4) is 0 Å². The van der Waals surface area contributed by atoms with Crippen LogP contribution in [0.2, 0.25) is 0 Å². The summed E-state index contributed by atoms with van der Waals surface area (Å²) in [5, 5.41) is -0.826. The van der Waals surface area contributed by atoms with Crippen LogP contribution in [0.25, 0.3) is 0 Å². The van der Waals surface area contributed by atoms with Gasteiger partial charge in [-0.05, 0) is 18.9 Å². The van der Waals surface area contributed by atoms with Crippen molar-refractivity contribution in [1.82, 2.24) is 4.72 Å². The van der Waals surface area contributed by atoms with Gasteiger partial charge >= 0.3 is 0 Å². The van der Waals surface area contributed by atoms with Gasteiger partial charge in [0.2, 0.25) is 10.0 Å². The lowest BCUT2D eigenvalue weighted by Crippen LogP contribution is -2.35. The lowest BCUT2D eigenvalue weighted by Gasteiger charge is -2.12. The zero-order chi connectivity index (χ0) is 15.8. The SMILES string of the molecule is Nc1cc(S(=O)(=O)NCC2CCCS2(=O)=O)c(F)cc1F. The average Bonchev–Trinajstić information content (AvgIpc) is 2.70. The summed E-state index contributed by atoms with van der Waals surface area (Å²) in [6.07, 6.45) is 0.811. The highest BCUT2D eigenvalue weighted by molar-refractivity contribution is 7.92. The summed E-state index contributed by atoms with van der Waals surface area (Å²) >= 11 is 0. The van der Waals surface area contributed by atoms with Crippen LogP contribution >= 0.6 is 0 Å². The molecule has 1 fully saturated rings. The fourth-order valence-corrected chi connectivity index (χ4v) is 5.16. The number of nitrogens with one attached hydrogen (secondary N) is 1. The Labute approximate surface area is 121 Å². The van der Waals surface area contributed by atoms with Gasteiger partial charge in [-0.15, -0.1) is 0 Å². The van der Waals surface area contributed by atoms with Gasteiger partial charge in [0.25, 0.3) is 0 Å². The number of rotatable bonds is 4. The molecule has 1 unspecified atom stereocenters. The molecule has 0 bridgehead atoms. The van der Waals surface area contributed by atoms with Gasteiger partial charge in [0.15, 0.2) is 9.84 Å². The predicted molar refractivity (Wildman–Crippen MR) is 72.8 cm³/mol. The Hall–Kier alpha value is -1.26. The van der Waals surface area contributed by atoms with Gasteiger partial charge in [0.1, 0.15) is 16.5 Å². The highest BCUT2D eigenvalue weighted by Crippen LogP contribution is 2.22. The number of hydrogen-bond donors (Lipinski definition) is 2. The Morgan fingerprint density at radius 1 is 1.29 bits per heavy atom. The molecular formula is C11H14F2N2O4S2. The zero-order valence-electron chi connectivity index (χ0n) is 10.8. The van der Waals surface area contributed by atoms with E-state index >= 15 is 0 Å². The lowest BCUT2D eigenvalue weighted by molar-refractivity contribution is 0.542. The van der Waals surface area contributed by atoms with Gasteiger partial charge in [-0.25, -0.2) is 30.3 Å². The second-order valence-electron chi connectivity index (χ2n) is 4.79. The number of sulfonamides is 1. The number of halogens is 2. The molecule has 0 radical (unpaired) electrons. The molecule has 118 valence electrons. The topological polar surface area (TPSA) is 106 Å². The molecule has 1 aromatic carbocycles. The molecule has 0 aromatic heterocycles. The van der Waals surface area contributed by atoms with Gasteiger partial charge < -0.3 is 5.73 Å². The highest BCUT2D eigenvalue weighted by Gasteiger charge is 2.32. The van der Waals surface area contributed by atoms with E-state index in [1.165, 1.54) is 0 Å². The van der Waals surface area contributed by atoms with Crippen molar-refractivity contribution in [2.45, 2.75) is 23.0 Å². The maximum atomic E-state index is 13.5. The first-order chi connectivity index (χ1) is 9.63. The molecule has 0 amide bonds. The quantitative estimate of drug-likeness (QED) is 0.772. The maximum Gasteiger partial charge on any atom is 0.243 e. The largest absolute Gasteiger partial charge is 0.396 e. The second kappa shape index (κ2) is 5.50. The first kappa shape index (κ1) is 16.1. The van der Waals surface area contributed by atoms with E-state index in [1.807, 2.05) is 4.72 Å². The summed E-state index contributed by atoms with van der Waals surface area (Å²) in [7, 11) is -7.63. The minimum absolute atomic E-state index is 0.0112. The van der Waals surface area contributed by atoms with E-state index in [4.69, 9.17) is 5.73 Å². The van der Waals surface area contributed by atoms with E-state index in [0.29, 0.717) is 25.0 Å². The molecule has 1 atom stereocenters. The van der Waals surface area contributed by atoms with Crippen LogP contribution in [0.1, 0.15) is 12.8 Å². The molecular weight excluding hydrogens is 326 g/mol. The maximum absolute atomic E-state index is 13.5. The van der Waals surface area contributed by atoms with Crippen LogP contribution < -0.4 is 10.5 Å². The molecule has 1 heterocycles. The summed E-state index contributed by atoms with van der Waals surface area (Å²) in [6, 6.07) is 1.03. The van der Waals surface area contributed by atoms with Crippen molar-refractivity contribution in [3.05, 3.63) is 23.8 Å². The molecule has 1 aliphatic heterocycles. The van der Waals surface area contributed by atoms with E-state index in [9.17, 15) is 25.6 Å². The minimum Gasteiger partial charge on any atom is -0.396 e. The smallest absolute Gasteiger partial charge is 0.243 e. The van der Waals surface area contributed by atoms with Crippen LogP contribution in [0.4, 0.5) is 14.5 Å². The van der Waals surface area contributed by atoms with Gasteiger partial charge in [0, 0.05) is 12.6 Å². The molecule has 1 aliphatic rings. The van der Waals surface area contributed by atoms with Crippen LogP contribution in [0, 0.1) is 11.6 Å². The Bertz CT molecular complexity index is 763. The van der Waals surface area contributed by atoms with Crippen molar-refractivity contribution in [2.24, 2.45) is 0 Å². The van der Waals surface area contributed by atoms with E-state index in [2.05, 4.69) is 0 Å².